The molecule has 0 atom stereocenters. The van der Waals surface area contributed by atoms with Gasteiger partial charge >= 0.3 is 0 Å². The highest BCUT2D eigenvalue weighted by Crippen LogP contribution is 2.26. The molecule has 3 rings (SSSR count). The van der Waals surface area contributed by atoms with Crippen LogP contribution in [0, 0.1) is 0 Å². The van der Waals surface area contributed by atoms with Crippen molar-refractivity contribution in [2.75, 3.05) is 17.8 Å². The molecule has 232 valence electrons. The van der Waals surface area contributed by atoms with Crippen LogP contribution in [0.5, 0.6) is 5.75 Å². The van der Waals surface area contributed by atoms with Crippen LogP contribution >= 0.6 is 28.7 Å². The van der Waals surface area contributed by atoms with Crippen LogP contribution in [0.2, 0.25) is 0 Å². The summed E-state index contributed by atoms with van der Waals surface area (Å²) in [6.07, 6.45) is 18.0. The maximum Gasteiger partial charge on any atom is 0.228 e. The second-order valence-electron chi connectivity index (χ2n) is 11.3. The lowest BCUT2D eigenvalue weighted by molar-refractivity contribution is -0.115. The van der Waals surface area contributed by atoms with Gasteiger partial charge < -0.3 is 15.0 Å². The minimum absolute atomic E-state index is 0. The number of benzene rings is 2. The van der Waals surface area contributed by atoms with Crippen molar-refractivity contribution in [3.8, 4) is 5.75 Å². The van der Waals surface area contributed by atoms with Gasteiger partial charge in [0.15, 0.2) is 5.78 Å². The number of carbonyl (C=O) groups excluding carboxylic acids is 2. The summed E-state index contributed by atoms with van der Waals surface area (Å²) in [4.78, 5) is 28.6. The van der Waals surface area contributed by atoms with Crippen molar-refractivity contribution in [2.24, 2.45) is 0 Å². The third kappa shape index (κ3) is 13.8. The van der Waals surface area contributed by atoms with Crippen molar-refractivity contribution in [1.82, 2.24) is 4.90 Å². The molecule has 2 aromatic rings. The Bertz CT molecular complexity index is 1120. The number of unbranched alkanes of at least 4 members (excludes halogenated alkanes) is 11. The predicted molar refractivity (Wildman–Crippen MR) is 184 cm³/mol. The summed E-state index contributed by atoms with van der Waals surface area (Å²) in [5.74, 6) is 1.44. The fraction of sp³-hybridized carbons (Fsp3) is 0.543. The number of nitrogens with zero attached hydrogens (tertiary/aromatic N) is 1. The second-order valence-corrected chi connectivity index (χ2v) is 12.5. The zero-order chi connectivity index (χ0) is 29.3. The standard InChI is InChI=1S/C35H50N2O3S.BrH/c1-4-5-6-7-8-9-10-11-12-13-14-15-22-40-34-21-18-31(23-33(34)29(3)38)24-35(39)36-32-19-16-30(17-20-32)26-37-25-28(2)41-27-37;/h16-21,23,25H,4-15,22,24,26-27H2,1-3H3,(H,36,39);1H. The van der Waals surface area contributed by atoms with Gasteiger partial charge in [-0.2, -0.15) is 0 Å². The molecule has 1 N–H and O–H groups in total. The number of Topliss-reactive ketones (excluding diaryl/α,β-unsaturated/α-hetero) is 1. The monoisotopic (exact) mass is 658 g/mol. The number of ether oxygens (including phenoxy) is 1. The molecular weight excluding hydrogens is 608 g/mol. The summed E-state index contributed by atoms with van der Waals surface area (Å²) in [5.41, 5.74) is 3.33. The summed E-state index contributed by atoms with van der Waals surface area (Å²) in [5, 5.41) is 2.98. The number of halogens is 1. The van der Waals surface area contributed by atoms with E-state index in [1.54, 1.807) is 13.0 Å². The molecule has 0 saturated heterocycles. The fourth-order valence-corrected chi connectivity index (χ4v) is 5.90. The Kier molecular flexibility index (Phi) is 17.6. The summed E-state index contributed by atoms with van der Waals surface area (Å²) >= 11 is 1.85. The number of ketones is 1. The quantitative estimate of drug-likeness (QED) is 0.113. The van der Waals surface area contributed by atoms with Crippen LogP contribution in [0.1, 0.15) is 119 Å². The number of amides is 1. The maximum absolute atomic E-state index is 12.7. The lowest BCUT2D eigenvalue weighted by Gasteiger charge is -2.15. The first-order valence-electron chi connectivity index (χ1n) is 15.7. The van der Waals surface area contributed by atoms with Crippen molar-refractivity contribution in [2.45, 2.75) is 111 Å². The van der Waals surface area contributed by atoms with Gasteiger partial charge in [-0.05, 0) is 60.6 Å². The van der Waals surface area contributed by atoms with Crippen LogP contribution in [0.15, 0.2) is 53.6 Å². The van der Waals surface area contributed by atoms with Gasteiger partial charge in [0, 0.05) is 18.4 Å². The maximum atomic E-state index is 12.7. The van der Waals surface area contributed by atoms with E-state index in [0.717, 1.165) is 36.5 Å². The van der Waals surface area contributed by atoms with E-state index in [0.29, 0.717) is 17.9 Å². The summed E-state index contributed by atoms with van der Waals surface area (Å²) in [6, 6.07) is 13.5. The zero-order valence-electron chi connectivity index (χ0n) is 25.9. The molecule has 42 heavy (non-hydrogen) atoms. The molecular formula is C35H51BrN2O3S. The van der Waals surface area contributed by atoms with E-state index in [1.165, 1.54) is 74.7 Å². The third-order valence-corrected chi connectivity index (χ3v) is 8.51. The van der Waals surface area contributed by atoms with Crippen LogP contribution in [-0.2, 0) is 17.8 Å². The van der Waals surface area contributed by atoms with Gasteiger partial charge in [-0.25, -0.2) is 0 Å². The Balaban J connectivity index is 0.00000616. The van der Waals surface area contributed by atoms with Crippen molar-refractivity contribution in [3.63, 3.8) is 0 Å². The van der Waals surface area contributed by atoms with Crippen molar-refractivity contribution in [1.29, 1.82) is 0 Å². The van der Waals surface area contributed by atoms with Gasteiger partial charge in [-0.15, -0.1) is 28.7 Å². The number of nitrogens with one attached hydrogen (secondary N) is 1. The van der Waals surface area contributed by atoms with E-state index in [-0.39, 0.29) is 35.1 Å². The topological polar surface area (TPSA) is 58.6 Å². The average molecular weight is 660 g/mol. The van der Waals surface area contributed by atoms with Crippen LogP contribution in [0.4, 0.5) is 5.69 Å². The predicted octanol–water partition coefficient (Wildman–Crippen LogP) is 10.1. The summed E-state index contributed by atoms with van der Waals surface area (Å²) < 4.78 is 5.98. The molecule has 0 saturated carbocycles. The Labute approximate surface area is 269 Å². The van der Waals surface area contributed by atoms with Gasteiger partial charge in [0.05, 0.1) is 24.5 Å². The van der Waals surface area contributed by atoms with Crippen LogP contribution in [0.3, 0.4) is 0 Å². The second kappa shape index (κ2) is 20.6. The first-order valence-corrected chi connectivity index (χ1v) is 16.6. The molecule has 2 aromatic carbocycles. The van der Waals surface area contributed by atoms with Gasteiger partial charge in [-0.3, -0.25) is 9.59 Å². The van der Waals surface area contributed by atoms with Gasteiger partial charge in [0.2, 0.25) is 5.91 Å². The Hall–Kier alpha value is -2.25. The molecule has 0 unspecified atom stereocenters. The fourth-order valence-electron chi connectivity index (χ4n) is 5.14. The molecule has 0 radical (unpaired) electrons. The molecule has 1 amide bonds. The minimum atomic E-state index is -0.105. The molecule has 0 spiro atoms. The first kappa shape index (κ1) is 35.9. The largest absolute Gasteiger partial charge is 0.493 e. The third-order valence-electron chi connectivity index (χ3n) is 7.49. The molecule has 5 nitrogen and oxygen atoms in total. The van der Waals surface area contributed by atoms with E-state index >= 15 is 0 Å². The number of hydrogen-bond acceptors (Lipinski definition) is 5. The van der Waals surface area contributed by atoms with E-state index in [2.05, 4.69) is 42.4 Å². The average Bonchev–Trinajstić information content (AvgIpc) is 3.37. The first-order chi connectivity index (χ1) is 19.9. The Morgan fingerprint density at radius 3 is 2.02 bits per heavy atom. The number of hydrogen-bond donors (Lipinski definition) is 1. The number of allylic oxidation sites excluding steroid dienone is 1. The number of rotatable bonds is 20. The van der Waals surface area contributed by atoms with Gasteiger partial charge in [0.25, 0.3) is 0 Å². The Morgan fingerprint density at radius 1 is 0.857 bits per heavy atom. The van der Waals surface area contributed by atoms with E-state index < -0.39 is 0 Å². The van der Waals surface area contributed by atoms with Crippen molar-refractivity contribution >= 4 is 46.1 Å². The van der Waals surface area contributed by atoms with Gasteiger partial charge in [-0.1, -0.05) is 95.8 Å². The normalized spacial score (nSPS) is 12.5. The molecule has 0 aromatic heterocycles. The Morgan fingerprint density at radius 2 is 1.45 bits per heavy atom. The summed E-state index contributed by atoms with van der Waals surface area (Å²) in [7, 11) is 0. The van der Waals surface area contributed by atoms with E-state index in [1.807, 2.05) is 36.0 Å². The molecule has 1 heterocycles. The molecule has 0 aliphatic carbocycles. The lowest BCUT2D eigenvalue weighted by atomic mass is 10.0. The van der Waals surface area contributed by atoms with Crippen LogP contribution in [-0.4, -0.2) is 29.1 Å². The van der Waals surface area contributed by atoms with Crippen molar-refractivity contribution < 1.29 is 14.3 Å². The lowest BCUT2D eigenvalue weighted by Crippen LogP contribution is -2.15. The molecule has 1 aliphatic rings. The van der Waals surface area contributed by atoms with E-state index in [4.69, 9.17) is 4.74 Å². The number of thioether (sulfide) groups is 1. The highest BCUT2D eigenvalue weighted by molar-refractivity contribution is 8.93. The molecule has 7 heteroatoms. The molecule has 0 fully saturated rings. The van der Waals surface area contributed by atoms with Gasteiger partial charge in [0.1, 0.15) is 5.75 Å². The minimum Gasteiger partial charge on any atom is -0.493 e. The van der Waals surface area contributed by atoms with Crippen LogP contribution < -0.4 is 10.1 Å². The van der Waals surface area contributed by atoms with Crippen LogP contribution in [0.25, 0.3) is 0 Å². The molecule has 1 aliphatic heterocycles. The highest BCUT2D eigenvalue weighted by Gasteiger charge is 2.13. The number of carbonyl (C=O) groups is 2. The van der Waals surface area contributed by atoms with Crippen molar-refractivity contribution in [3.05, 3.63) is 70.3 Å². The smallest absolute Gasteiger partial charge is 0.228 e. The SMILES string of the molecule is Br.CCCCCCCCCCCCCCOc1ccc(CC(=O)Nc2ccc(CN3C=C(C)SC3)cc2)cc1C(C)=O. The number of anilines is 1. The van der Waals surface area contributed by atoms with E-state index in [9.17, 15) is 9.59 Å². The molecule has 0 bridgehead atoms. The highest BCUT2D eigenvalue weighted by atomic mass is 79.9. The zero-order valence-corrected chi connectivity index (χ0v) is 28.5. The summed E-state index contributed by atoms with van der Waals surface area (Å²) in [6.45, 7) is 7.42.